The number of guanidine groups is 1. The van der Waals surface area contributed by atoms with Gasteiger partial charge in [-0.05, 0) is 38.9 Å². The van der Waals surface area contributed by atoms with Crippen LogP contribution >= 0.6 is 11.8 Å². The lowest BCUT2D eigenvalue weighted by Crippen LogP contribution is -2.50. The molecule has 0 aromatic carbocycles. The van der Waals surface area contributed by atoms with Gasteiger partial charge in [-0.2, -0.15) is 11.8 Å². The number of morpholine rings is 1. The molecule has 0 aliphatic carbocycles. The first-order valence-corrected chi connectivity index (χ1v) is 11.9. The van der Waals surface area contributed by atoms with Crippen molar-refractivity contribution >= 4 is 23.6 Å². The highest BCUT2D eigenvalue weighted by atomic mass is 32.2. The van der Waals surface area contributed by atoms with Crippen molar-refractivity contribution in [3.8, 4) is 0 Å². The summed E-state index contributed by atoms with van der Waals surface area (Å²) in [6.45, 7) is 10.1. The van der Waals surface area contributed by atoms with E-state index in [-0.39, 0.29) is 10.7 Å². The zero-order chi connectivity index (χ0) is 19.8. The Morgan fingerprint density at radius 2 is 1.71 bits per heavy atom. The van der Waals surface area contributed by atoms with Crippen molar-refractivity contribution in [2.24, 2.45) is 10.9 Å². The number of likely N-dealkylation sites (tertiary alicyclic amines) is 1. The molecule has 28 heavy (non-hydrogen) atoms. The Morgan fingerprint density at radius 1 is 1.07 bits per heavy atom. The summed E-state index contributed by atoms with van der Waals surface area (Å²) in [5.74, 6) is 1.46. The van der Waals surface area contributed by atoms with Gasteiger partial charge in [0.25, 0.3) is 0 Å². The Balaban J connectivity index is 1.55. The first kappa shape index (κ1) is 21.7. The summed E-state index contributed by atoms with van der Waals surface area (Å²) in [5, 5.41) is 3.46. The highest BCUT2D eigenvalue weighted by molar-refractivity contribution is 8.00. The van der Waals surface area contributed by atoms with Crippen LogP contribution in [0.1, 0.15) is 32.6 Å². The van der Waals surface area contributed by atoms with E-state index in [0.717, 1.165) is 84.1 Å². The van der Waals surface area contributed by atoms with Crippen LogP contribution in [0.25, 0.3) is 0 Å². The fourth-order valence-corrected chi connectivity index (χ4v) is 4.96. The maximum Gasteiger partial charge on any atom is 0.225 e. The Morgan fingerprint density at radius 3 is 2.32 bits per heavy atom. The van der Waals surface area contributed by atoms with Crippen LogP contribution in [0.4, 0.5) is 0 Å². The zero-order valence-electron chi connectivity index (χ0n) is 17.5. The Labute approximate surface area is 173 Å². The predicted octanol–water partition coefficient (Wildman–Crippen LogP) is 1.43. The van der Waals surface area contributed by atoms with E-state index in [9.17, 15) is 4.79 Å². The molecule has 3 rings (SSSR count). The number of carbonyl (C=O) groups excluding carboxylic acids is 1. The molecular formula is C20H36N4O3S. The van der Waals surface area contributed by atoms with Gasteiger partial charge in [0.2, 0.25) is 5.91 Å². The first-order valence-electron chi connectivity index (χ1n) is 10.7. The number of piperidine rings is 1. The van der Waals surface area contributed by atoms with E-state index < -0.39 is 0 Å². The summed E-state index contributed by atoms with van der Waals surface area (Å²) in [6, 6.07) is 0. The minimum atomic E-state index is 0.144. The summed E-state index contributed by atoms with van der Waals surface area (Å²) in [6.07, 6.45) is 6.13. The van der Waals surface area contributed by atoms with Crippen molar-refractivity contribution in [2.75, 3.05) is 72.0 Å². The standard InChI is InChI=1S/C20H36N4O3S/c1-3-21-19(22-16-20(28-2)6-12-26-13-7-20)24-8-4-17(5-9-24)18(25)23-10-14-27-15-11-23/h17H,3-16H2,1-2H3,(H,21,22). The molecule has 0 aromatic rings. The Hall–Kier alpha value is -0.990. The second-order valence-electron chi connectivity index (χ2n) is 7.87. The van der Waals surface area contributed by atoms with E-state index in [1.54, 1.807) is 0 Å². The van der Waals surface area contributed by atoms with E-state index in [2.05, 4.69) is 23.4 Å². The molecule has 8 heteroatoms. The molecule has 0 spiro atoms. The van der Waals surface area contributed by atoms with Crippen LogP contribution in [0.2, 0.25) is 0 Å². The molecule has 0 aromatic heterocycles. The van der Waals surface area contributed by atoms with Crippen LogP contribution in [0, 0.1) is 5.92 Å². The predicted molar refractivity (Wildman–Crippen MR) is 114 cm³/mol. The van der Waals surface area contributed by atoms with Gasteiger partial charge in [-0.15, -0.1) is 0 Å². The van der Waals surface area contributed by atoms with Crippen LogP contribution < -0.4 is 5.32 Å². The number of nitrogens with one attached hydrogen (secondary N) is 1. The maximum atomic E-state index is 12.8. The molecule has 1 N–H and O–H groups in total. The van der Waals surface area contributed by atoms with Crippen molar-refractivity contribution in [1.29, 1.82) is 0 Å². The molecule has 160 valence electrons. The van der Waals surface area contributed by atoms with E-state index >= 15 is 0 Å². The number of nitrogens with zero attached hydrogens (tertiary/aromatic N) is 3. The maximum absolute atomic E-state index is 12.8. The smallest absolute Gasteiger partial charge is 0.225 e. The number of rotatable bonds is 5. The second-order valence-corrected chi connectivity index (χ2v) is 9.14. The second kappa shape index (κ2) is 10.7. The van der Waals surface area contributed by atoms with E-state index in [1.165, 1.54) is 0 Å². The van der Waals surface area contributed by atoms with E-state index in [1.807, 2.05) is 16.7 Å². The van der Waals surface area contributed by atoms with Crippen molar-refractivity contribution in [2.45, 2.75) is 37.4 Å². The van der Waals surface area contributed by atoms with Gasteiger partial charge in [0.05, 0.1) is 19.8 Å². The topological polar surface area (TPSA) is 66.4 Å². The quantitative estimate of drug-likeness (QED) is 0.544. The van der Waals surface area contributed by atoms with E-state index in [0.29, 0.717) is 19.1 Å². The molecule has 3 heterocycles. The fourth-order valence-electron chi connectivity index (χ4n) is 4.20. The largest absolute Gasteiger partial charge is 0.381 e. The molecule has 3 fully saturated rings. The number of carbonyl (C=O) groups is 1. The number of ether oxygens (including phenoxy) is 2. The fraction of sp³-hybridized carbons (Fsp3) is 0.900. The summed E-state index contributed by atoms with van der Waals surface area (Å²) in [4.78, 5) is 22.1. The van der Waals surface area contributed by atoms with Crippen LogP contribution in [-0.4, -0.2) is 98.4 Å². The highest BCUT2D eigenvalue weighted by Crippen LogP contribution is 2.34. The molecule has 0 bridgehead atoms. The van der Waals surface area contributed by atoms with Crippen molar-refractivity contribution in [3.63, 3.8) is 0 Å². The van der Waals surface area contributed by atoms with Gasteiger partial charge < -0.3 is 24.6 Å². The molecule has 3 aliphatic heterocycles. The monoisotopic (exact) mass is 412 g/mol. The number of hydrogen-bond acceptors (Lipinski definition) is 5. The van der Waals surface area contributed by atoms with Crippen LogP contribution in [0.15, 0.2) is 4.99 Å². The molecule has 0 unspecified atom stereocenters. The number of thioether (sulfide) groups is 1. The van der Waals surface area contributed by atoms with Gasteiger partial charge in [0, 0.05) is 56.6 Å². The molecule has 0 atom stereocenters. The summed E-state index contributed by atoms with van der Waals surface area (Å²) in [5.41, 5.74) is 0. The highest BCUT2D eigenvalue weighted by Gasteiger charge is 2.33. The number of amides is 1. The summed E-state index contributed by atoms with van der Waals surface area (Å²) in [7, 11) is 0. The molecular weight excluding hydrogens is 376 g/mol. The normalized spacial score (nSPS) is 24.3. The Bertz CT molecular complexity index is 526. The first-order chi connectivity index (χ1) is 13.7. The van der Waals surface area contributed by atoms with Crippen molar-refractivity contribution in [1.82, 2.24) is 15.1 Å². The molecule has 3 aliphatic rings. The van der Waals surface area contributed by atoms with Crippen LogP contribution in [0.3, 0.4) is 0 Å². The third-order valence-corrected chi connectivity index (χ3v) is 7.56. The average Bonchev–Trinajstić information content (AvgIpc) is 2.77. The SMILES string of the molecule is CCNC(=NCC1(SC)CCOCC1)N1CCC(C(=O)N2CCOCC2)CC1. The van der Waals surface area contributed by atoms with Gasteiger partial charge in [0.15, 0.2) is 5.96 Å². The summed E-state index contributed by atoms with van der Waals surface area (Å²) >= 11 is 1.93. The van der Waals surface area contributed by atoms with Crippen LogP contribution in [0.5, 0.6) is 0 Å². The van der Waals surface area contributed by atoms with Gasteiger partial charge in [-0.25, -0.2) is 0 Å². The van der Waals surface area contributed by atoms with Crippen molar-refractivity contribution in [3.05, 3.63) is 0 Å². The number of hydrogen-bond donors (Lipinski definition) is 1. The third kappa shape index (κ3) is 5.54. The Kier molecular flexibility index (Phi) is 8.29. The van der Waals surface area contributed by atoms with Crippen LogP contribution in [-0.2, 0) is 14.3 Å². The summed E-state index contributed by atoms with van der Waals surface area (Å²) < 4.78 is 11.1. The molecule has 0 radical (unpaired) electrons. The lowest BCUT2D eigenvalue weighted by molar-refractivity contribution is -0.140. The molecule has 7 nitrogen and oxygen atoms in total. The van der Waals surface area contributed by atoms with Gasteiger partial charge in [0.1, 0.15) is 0 Å². The molecule has 1 amide bonds. The third-order valence-electron chi connectivity index (χ3n) is 6.16. The lowest BCUT2D eigenvalue weighted by Gasteiger charge is -2.38. The van der Waals surface area contributed by atoms with Gasteiger partial charge in [-0.1, -0.05) is 0 Å². The van der Waals surface area contributed by atoms with E-state index in [4.69, 9.17) is 14.5 Å². The average molecular weight is 413 g/mol. The lowest BCUT2D eigenvalue weighted by atomic mass is 9.95. The molecule has 3 saturated heterocycles. The minimum Gasteiger partial charge on any atom is -0.381 e. The van der Waals surface area contributed by atoms with Crippen molar-refractivity contribution < 1.29 is 14.3 Å². The van der Waals surface area contributed by atoms with Gasteiger partial charge in [-0.3, -0.25) is 9.79 Å². The molecule has 0 saturated carbocycles. The van der Waals surface area contributed by atoms with Gasteiger partial charge >= 0.3 is 0 Å². The zero-order valence-corrected chi connectivity index (χ0v) is 18.3. The minimum absolute atomic E-state index is 0.144. The number of aliphatic imine (C=N–C) groups is 1.